The van der Waals surface area contributed by atoms with E-state index in [1.165, 1.54) is 0 Å². The zero-order chi connectivity index (χ0) is 23.2. The average Bonchev–Trinajstić information content (AvgIpc) is 3.12. The third kappa shape index (κ3) is 5.10. The highest BCUT2D eigenvalue weighted by atomic mass is 16.5. The van der Waals surface area contributed by atoms with E-state index >= 15 is 0 Å². The molecule has 4 rings (SSSR count). The minimum Gasteiger partial charge on any atom is -0.507 e. The Kier molecular flexibility index (Phi) is 7.42. The fraction of sp³-hybridized carbons (Fsp3) is 0.385. The summed E-state index contributed by atoms with van der Waals surface area (Å²) in [5, 5.41) is 11.2. The van der Waals surface area contributed by atoms with Gasteiger partial charge in [-0.15, -0.1) is 0 Å². The molecule has 2 aromatic rings. The van der Waals surface area contributed by atoms with Gasteiger partial charge in [0.2, 0.25) is 0 Å². The second-order valence-electron chi connectivity index (χ2n) is 8.23. The maximum atomic E-state index is 13.1. The number of likely N-dealkylation sites (tertiary alicyclic amines) is 1. The molecule has 7 heteroatoms. The Morgan fingerprint density at radius 1 is 1.03 bits per heavy atom. The molecule has 2 aromatic carbocycles. The van der Waals surface area contributed by atoms with Crippen molar-refractivity contribution in [1.29, 1.82) is 0 Å². The van der Waals surface area contributed by atoms with Crippen molar-refractivity contribution in [1.82, 2.24) is 9.80 Å². The predicted molar refractivity (Wildman–Crippen MR) is 125 cm³/mol. The lowest BCUT2D eigenvalue weighted by atomic mass is 9.95. The maximum Gasteiger partial charge on any atom is 0.295 e. The second kappa shape index (κ2) is 10.6. The van der Waals surface area contributed by atoms with Crippen LogP contribution >= 0.6 is 0 Å². The molecule has 7 nitrogen and oxygen atoms in total. The number of ether oxygens (including phenoxy) is 2. The summed E-state index contributed by atoms with van der Waals surface area (Å²) in [5.74, 6) is -0.715. The molecule has 0 saturated carbocycles. The summed E-state index contributed by atoms with van der Waals surface area (Å²) in [7, 11) is 0. The number of Topliss-reactive ketones (excluding diaryl/α,β-unsaturated/α-hetero) is 1. The van der Waals surface area contributed by atoms with Gasteiger partial charge in [-0.3, -0.25) is 14.5 Å². The van der Waals surface area contributed by atoms with E-state index in [2.05, 4.69) is 4.90 Å². The lowest BCUT2D eigenvalue weighted by Gasteiger charge is -2.31. The molecule has 0 aromatic heterocycles. The number of ketones is 1. The number of amides is 1. The lowest BCUT2D eigenvalue weighted by Crippen LogP contribution is -2.42. The second-order valence-corrected chi connectivity index (χ2v) is 8.23. The van der Waals surface area contributed by atoms with Crippen molar-refractivity contribution in [2.24, 2.45) is 0 Å². The number of hydrogen-bond acceptors (Lipinski definition) is 6. The quantitative estimate of drug-likeness (QED) is 0.378. The van der Waals surface area contributed by atoms with E-state index < -0.39 is 17.7 Å². The average molecular weight is 451 g/mol. The normalized spacial score (nSPS) is 20.9. The molecule has 0 spiro atoms. The Morgan fingerprint density at radius 3 is 2.39 bits per heavy atom. The molecule has 1 N–H and O–H groups in total. The number of benzene rings is 2. The zero-order valence-corrected chi connectivity index (χ0v) is 18.9. The fourth-order valence-corrected chi connectivity index (χ4v) is 4.25. The topological polar surface area (TPSA) is 79.3 Å². The van der Waals surface area contributed by atoms with Gasteiger partial charge in [0.05, 0.1) is 31.4 Å². The molecule has 2 fully saturated rings. The Hall–Kier alpha value is -3.16. The van der Waals surface area contributed by atoms with Crippen LogP contribution in [0.15, 0.2) is 60.2 Å². The predicted octanol–water partition coefficient (Wildman–Crippen LogP) is 3.23. The number of aliphatic hydroxyl groups excluding tert-OH is 1. The standard InChI is InChI=1S/C26H30N2O5/c1-2-16-33-21-10-8-20(9-11-21)24(29)22-23(19-6-4-3-5-7-19)28(26(31)25(22)30)13-12-27-14-17-32-18-15-27/h3-11,23,29H,2,12-18H2,1H3/t23-/m1/s1. The first-order valence-electron chi connectivity index (χ1n) is 11.5. The molecule has 0 bridgehead atoms. The molecule has 2 aliphatic rings. The van der Waals surface area contributed by atoms with Gasteiger partial charge in [0.25, 0.3) is 11.7 Å². The molecule has 1 amide bonds. The van der Waals surface area contributed by atoms with Gasteiger partial charge in [0.15, 0.2) is 0 Å². The SMILES string of the molecule is CCCOc1ccc(C(O)=C2C(=O)C(=O)N(CCN3CCOCC3)[C@@H]2c2ccccc2)cc1. The van der Waals surface area contributed by atoms with E-state index in [0.29, 0.717) is 44.2 Å². The van der Waals surface area contributed by atoms with E-state index in [9.17, 15) is 14.7 Å². The van der Waals surface area contributed by atoms with Crippen LogP contribution in [0, 0.1) is 0 Å². The smallest absolute Gasteiger partial charge is 0.295 e. The summed E-state index contributed by atoms with van der Waals surface area (Å²) >= 11 is 0. The van der Waals surface area contributed by atoms with Gasteiger partial charge >= 0.3 is 0 Å². The highest BCUT2D eigenvalue weighted by Gasteiger charge is 2.45. The van der Waals surface area contributed by atoms with Crippen LogP contribution in [0.4, 0.5) is 0 Å². The number of carbonyl (C=O) groups is 2. The van der Waals surface area contributed by atoms with Crippen molar-refractivity contribution < 1.29 is 24.2 Å². The summed E-state index contributed by atoms with van der Waals surface area (Å²) < 4.78 is 11.0. The molecular formula is C26H30N2O5. The fourth-order valence-electron chi connectivity index (χ4n) is 4.25. The number of morpholine rings is 1. The number of hydrogen-bond donors (Lipinski definition) is 1. The van der Waals surface area contributed by atoms with Crippen LogP contribution in [-0.4, -0.2) is 72.6 Å². The van der Waals surface area contributed by atoms with Crippen molar-refractivity contribution in [2.45, 2.75) is 19.4 Å². The Bertz CT molecular complexity index is 997. The van der Waals surface area contributed by atoms with E-state index in [-0.39, 0.29) is 11.3 Å². The van der Waals surface area contributed by atoms with Gasteiger partial charge in [0.1, 0.15) is 11.5 Å². The van der Waals surface area contributed by atoms with Crippen LogP contribution in [0.1, 0.15) is 30.5 Å². The molecule has 2 saturated heterocycles. The summed E-state index contributed by atoms with van der Waals surface area (Å²) in [5.41, 5.74) is 1.39. The molecule has 33 heavy (non-hydrogen) atoms. The molecule has 174 valence electrons. The molecule has 1 atom stereocenters. The molecule has 2 heterocycles. The third-order valence-electron chi connectivity index (χ3n) is 6.02. The minimum atomic E-state index is -0.658. The van der Waals surface area contributed by atoms with E-state index in [4.69, 9.17) is 9.47 Å². The van der Waals surface area contributed by atoms with Crippen LogP contribution in [0.3, 0.4) is 0 Å². The Morgan fingerprint density at radius 2 is 1.73 bits per heavy atom. The van der Waals surface area contributed by atoms with Gasteiger partial charge < -0.3 is 19.5 Å². The first-order valence-corrected chi connectivity index (χ1v) is 11.5. The van der Waals surface area contributed by atoms with Crippen LogP contribution in [0.2, 0.25) is 0 Å². The van der Waals surface area contributed by atoms with Gasteiger partial charge in [-0.1, -0.05) is 37.3 Å². The summed E-state index contributed by atoms with van der Waals surface area (Å²) in [6, 6.07) is 15.7. The van der Waals surface area contributed by atoms with Crippen molar-refractivity contribution in [3.63, 3.8) is 0 Å². The molecule has 0 unspecified atom stereocenters. The maximum absolute atomic E-state index is 13.1. The first-order chi connectivity index (χ1) is 16.1. The zero-order valence-electron chi connectivity index (χ0n) is 18.9. The van der Waals surface area contributed by atoms with Crippen LogP contribution in [0.5, 0.6) is 5.75 Å². The van der Waals surface area contributed by atoms with Gasteiger partial charge in [-0.2, -0.15) is 0 Å². The van der Waals surface area contributed by atoms with Crippen molar-refractivity contribution >= 4 is 17.4 Å². The first kappa shape index (κ1) is 23.0. The summed E-state index contributed by atoms with van der Waals surface area (Å²) in [6.45, 7) is 6.60. The van der Waals surface area contributed by atoms with E-state index in [1.54, 1.807) is 29.2 Å². The number of nitrogens with zero attached hydrogens (tertiary/aromatic N) is 2. The van der Waals surface area contributed by atoms with Gasteiger partial charge in [0, 0.05) is 31.7 Å². The van der Waals surface area contributed by atoms with Crippen LogP contribution < -0.4 is 4.74 Å². The van der Waals surface area contributed by atoms with Crippen LogP contribution in [-0.2, 0) is 14.3 Å². The molecule has 0 aliphatic carbocycles. The highest BCUT2D eigenvalue weighted by Crippen LogP contribution is 2.39. The van der Waals surface area contributed by atoms with Gasteiger partial charge in [-0.25, -0.2) is 0 Å². The van der Waals surface area contributed by atoms with E-state index in [0.717, 1.165) is 25.1 Å². The number of carbonyl (C=O) groups excluding carboxylic acids is 2. The van der Waals surface area contributed by atoms with Gasteiger partial charge in [-0.05, 0) is 36.2 Å². The minimum absolute atomic E-state index is 0.121. The molecule has 0 radical (unpaired) electrons. The number of aliphatic hydroxyl groups is 1. The lowest BCUT2D eigenvalue weighted by molar-refractivity contribution is -0.140. The Labute approximate surface area is 194 Å². The number of rotatable bonds is 8. The summed E-state index contributed by atoms with van der Waals surface area (Å²) in [6.07, 6.45) is 0.896. The van der Waals surface area contributed by atoms with Crippen molar-refractivity contribution in [2.75, 3.05) is 46.0 Å². The van der Waals surface area contributed by atoms with E-state index in [1.807, 2.05) is 37.3 Å². The highest BCUT2D eigenvalue weighted by molar-refractivity contribution is 6.46. The molecule has 2 aliphatic heterocycles. The monoisotopic (exact) mass is 450 g/mol. The Balaban J connectivity index is 1.66. The summed E-state index contributed by atoms with van der Waals surface area (Å²) in [4.78, 5) is 30.0. The molecular weight excluding hydrogens is 420 g/mol. The van der Waals surface area contributed by atoms with Crippen LogP contribution in [0.25, 0.3) is 5.76 Å². The largest absolute Gasteiger partial charge is 0.507 e. The van der Waals surface area contributed by atoms with Crippen molar-refractivity contribution in [3.8, 4) is 5.75 Å². The third-order valence-corrected chi connectivity index (χ3v) is 6.02. The van der Waals surface area contributed by atoms with Crippen molar-refractivity contribution in [3.05, 3.63) is 71.3 Å².